The summed E-state index contributed by atoms with van der Waals surface area (Å²) in [5.41, 5.74) is 2.38. The minimum atomic E-state index is 0.458. The summed E-state index contributed by atoms with van der Waals surface area (Å²) < 4.78 is 5.40. The van der Waals surface area contributed by atoms with Gasteiger partial charge in [0, 0.05) is 51.4 Å². The van der Waals surface area contributed by atoms with Gasteiger partial charge in [-0.2, -0.15) is 4.98 Å². The van der Waals surface area contributed by atoms with Gasteiger partial charge in [0.2, 0.25) is 5.95 Å². The van der Waals surface area contributed by atoms with Crippen molar-refractivity contribution in [1.82, 2.24) is 15.3 Å². The maximum atomic E-state index is 5.40. The second-order valence-corrected chi connectivity index (χ2v) is 5.03. The Kier molecular flexibility index (Phi) is 3.79. The summed E-state index contributed by atoms with van der Waals surface area (Å²) in [5, 5.41) is 10.0. The topological polar surface area (TPSA) is 71.1 Å². The highest BCUT2D eigenvalue weighted by molar-refractivity contribution is 5.52. The number of hydrogen-bond donors (Lipinski definition) is 3. The maximum absolute atomic E-state index is 5.40. The summed E-state index contributed by atoms with van der Waals surface area (Å²) >= 11 is 0. The van der Waals surface area contributed by atoms with Gasteiger partial charge in [-0.25, -0.2) is 4.98 Å². The van der Waals surface area contributed by atoms with E-state index < -0.39 is 0 Å². The van der Waals surface area contributed by atoms with Gasteiger partial charge in [-0.05, 0) is 12.8 Å². The third-order valence-electron chi connectivity index (χ3n) is 3.72. The van der Waals surface area contributed by atoms with Crippen LogP contribution in [0.25, 0.3) is 0 Å². The Morgan fingerprint density at radius 3 is 2.89 bits per heavy atom. The highest BCUT2D eigenvalue weighted by atomic mass is 16.5. The van der Waals surface area contributed by atoms with E-state index in [4.69, 9.17) is 4.74 Å². The van der Waals surface area contributed by atoms with Crippen LogP contribution in [0.5, 0.6) is 0 Å². The van der Waals surface area contributed by atoms with Gasteiger partial charge in [-0.15, -0.1) is 0 Å². The van der Waals surface area contributed by atoms with Gasteiger partial charge >= 0.3 is 0 Å². The molecule has 1 aromatic rings. The Bertz CT molecular complexity index is 445. The molecule has 1 fully saturated rings. The monoisotopic (exact) mass is 263 g/mol. The zero-order chi connectivity index (χ0) is 13.1. The number of nitrogens with one attached hydrogen (secondary N) is 3. The normalized spacial score (nSPS) is 19.8. The first-order valence-corrected chi connectivity index (χ1v) is 6.99. The van der Waals surface area contributed by atoms with Crippen molar-refractivity contribution >= 4 is 11.8 Å². The average Bonchev–Trinajstić information content (AvgIpc) is 2.48. The van der Waals surface area contributed by atoms with Crippen molar-refractivity contribution in [2.45, 2.75) is 31.8 Å². The molecule has 3 N–H and O–H groups in total. The second kappa shape index (κ2) is 5.71. The minimum Gasteiger partial charge on any atom is -0.381 e. The van der Waals surface area contributed by atoms with Gasteiger partial charge in [0.1, 0.15) is 5.82 Å². The highest BCUT2D eigenvalue weighted by Crippen LogP contribution is 2.23. The van der Waals surface area contributed by atoms with Crippen molar-refractivity contribution in [3.05, 3.63) is 11.3 Å². The van der Waals surface area contributed by atoms with Crippen LogP contribution in [0.3, 0.4) is 0 Å². The van der Waals surface area contributed by atoms with Crippen LogP contribution in [0.1, 0.15) is 24.1 Å². The molecular formula is C13H21N5O. The van der Waals surface area contributed by atoms with Gasteiger partial charge in [0.05, 0.1) is 5.69 Å². The van der Waals surface area contributed by atoms with Crippen molar-refractivity contribution in [2.24, 2.45) is 0 Å². The summed E-state index contributed by atoms with van der Waals surface area (Å²) in [7, 11) is 1.86. The Morgan fingerprint density at radius 1 is 1.26 bits per heavy atom. The predicted molar refractivity (Wildman–Crippen MR) is 74.5 cm³/mol. The summed E-state index contributed by atoms with van der Waals surface area (Å²) in [4.78, 5) is 9.14. The van der Waals surface area contributed by atoms with E-state index in [1.807, 2.05) is 7.05 Å². The van der Waals surface area contributed by atoms with Crippen molar-refractivity contribution in [2.75, 3.05) is 37.4 Å². The molecule has 19 heavy (non-hydrogen) atoms. The van der Waals surface area contributed by atoms with Crippen molar-refractivity contribution in [1.29, 1.82) is 0 Å². The molecule has 1 saturated heterocycles. The first kappa shape index (κ1) is 12.6. The largest absolute Gasteiger partial charge is 0.381 e. The summed E-state index contributed by atoms with van der Waals surface area (Å²) in [6, 6.07) is 0.458. The van der Waals surface area contributed by atoms with Crippen LogP contribution in [0.15, 0.2) is 0 Å². The highest BCUT2D eigenvalue weighted by Gasteiger charge is 2.20. The molecule has 0 unspecified atom stereocenters. The van der Waals surface area contributed by atoms with E-state index in [0.717, 1.165) is 57.1 Å². The van der Waals surface area contributed by atoms with E-state index >= 15 is 0 Å². The Labute approximate surface area is 113 Å². The van der Waals surface area contributed by atoms with Crippen LogP contribution in [0, 0.1) is 0 Å². The average molecular weight is 263 g/mol. The lowest BCUT2D eigenvalue weighted by molar-refractivity contribution is 0.0903. The lowest BCUT2D eigenvalue weighted by Crippen LogP contribution is -2.31. The number of fused-ring (bicyclic) bond motifs is 1. The van der Waals surface area contributed by atoms with Crippen LogP contribution in [-0.2, 0) is 17.7 Å². The zero-order valence-corrected chi connectivity index (χ0v) is 11.3. The molecule has 1 aromatic heterocycles. The Balaban J connectivity index is 1.85. The number of aromatic nitrogens is 2. The summed E-state index contributed by atoms with van der Waals surface area (Å²) in [6.07, 6.45) is 3.05. The fourth-order valence-corrected chi connectivity index (χ4v) is 2.61. The Hall–Kier alpha value is -1.40. The molecule has 0 atom stereocenters. The van der Waals surface area contributed by atoms with Gasteiger partial charge in [-0.1, -0.05) is 0 Å². The fraction of sp³-hybridized carbons (Fsp3) is 0.692. The predicted octanol–water partition coefficient (Wildman–Crippen LogP) is 0.755. The fourth-order valence-electron chi connectivity index (χ4n) is 2.61. The van der Waals surface area contributed by atoms with Gasteiger partial charge in [0.25, 0.3) is 0 Å². The first-order valence-electron chi connectivity index (χ1n) is 6.99. The molecule has 3 heterocycles. The third-order valence-corrected chi connectivity index (χ3v) is 3.72. The van der Waals surface area contributed by atoms with Crippen LogP contribution in [-0.4, -0.2) is 42.8 Å². The molecule has 0 bridgehead atoms. The molecule has 0 aliphatic carbocycles. The zero-order valence-electron chi connectivity index (χ0n) is 11.3. The Morgan fingerprint density at radius 2 is 2.11 bits per heavy atom. The molecule has 0 amide bonds. The van der Waals surface area contributed by atoms with Crippen LogP contribution < -0.4 is 16.0 Å². The standard InChI is InChI=1S/C13H21N5O/c1-14-13-17-11-2-5-15-8-10(11)12(18-13)16-9-3-6-19-7-4-9/h9,15H,2-8H2,1H3,(H2,14,16,17,18). The van der Waals surface area contributed by atoms with E-state index in [2.05, 4.69) is 25.9 Å². The number of anilines is 2. The molecule has 104 valence electrons. The lowest BCUT2D eigenvalue weighted by atomic mass is 10.1. The van der Waals surface area contributed by atoms with Gasteiger partial charge in [-0.3, -0.25) is 0 Å². The van der Waals surface area contributed by atoms with Gasteiger partial charge in [0.15, 0.2) is 0 Å². The van der Waals surface area contributed by atoms with E-state index in [-0.39, 0.29) is 0 Å². The number of hydrogen-bond acceptors (Lipinski definition) is 6. The van der Waals surface area contributed by atoms with Crippen molar-refractivity contribution < 1.29 is 4.74 Å². The molecule has 3 rings (SSSR count). The van der Waals surface area contributed by atoms with E-state index in [1.165, 1.54) is 5.56 Å². The van der Waals surface area contributed by atoms with Crippen molar-refractivity contribution in [3.63, 3.8) is 0 Å². The molecule has 0 saturated carbocycles. The maximum Gasteiger partial charge on any atom is 0.224 e. The molecular weight excluding hydrogens is 242 g/mol. The van der Waals surface area contributed by atoms with Crippen LogP contribution in [0.2, 0.25) is 0 Å². The lowest BCUT2D eigenvalue weighted by Gasteiger charge is -2.27. The van der Waals surface area contributed by atoms with Crippen molar-refractivity contribution in [3.8, 4) is 0 Å². The second-order valence-electron chi connectivity index (χ2n) is 5.03. The molecule has 2 aliphatic rings. The van der Waals surface area contributed by atoms with Crippen LogP contribution in [0.4, 0.5) is 11.8 Å². The smallest absolute Gasteiger partial charge is 0.224 e. The third kappa shape index (κ3) is 2.79. The molecule has 2 aliphatic heterocycles. The first-order chi connectivity index (χ1) is 9.36. The quantitative estimate of drug-likeness (QED) is 0.748. The molecule has 0 aromatic carbocycles. The molecule has 6 nitrogen and oxygen atoms in total. The minimum absolute atomic E-state index is 0.458. The number of nitrogens with zero attached hydrogens (tertiary/aromatic N) is 2. The van der Waals surface area contributed by atoms with E-state index in [0.29, 0.717) is 12.0 Å². The molecule has 6 heteroatoms. The SMILES string of the molecule is CNc1nc2c(c(NC3CCOCC3)n1)CNCC2. The molecule has 0 spiro atoms. The number of ether oxygens (including phenoxy) is 1. The van der Waals surface area contributed by atoms with E-state index in [1.54, 1.807) is 0 Å². The van der Waals surface area contributed by atoms with Crippen LogP contribution >= 0.6 is 0 Å². The number of rotatable bonds is 3. The molecule has 0 radical (unpaired) electrons. The van der Waals surface area contributed by atoms with Gasteiger partial charge < -0.3 is 20.7 Å². The summed E-state index contributed by atoms with van der Waals surface area (Å²) in [6.45, 7) is 3.51. The van der Waals surface area contributed by atoms with E-state index in [9.17, 15) is 0 Å². The summed E-state index contributed by atoms with van der Waals surface area (Å²) in [5.74, 6) is 1.68.